The van der Waals surface area contributed by atoms with E-state index in [0.717, 1.165) is 0 Å². The zero-order valence-corrected chi connectivity index (χ0v) is 19.1. The average Bonchev–Trinajstić information content (AvgIpc) is 3.37. The van der Waals surface area contributed by atoms with Crippen molar-refractivity contribution in [1.82, 2.24) is 4.57 Å². The van der Waals surface area contributed by atoms with Gasteiger partial charge in [0.15, 0.2) is 0 Å². The van der Waals surface area contributed by atoms with Gasteiger partial charge in [-0.05, 0) is 58.7 Å². The number of fused-ring (bicyclic) bond motifs is 6. The van der Waals surface area contributed by atoms with Crippen molar-refractivity contribution in [2.45, 2.75) is 0 Å². The molecular weight excluding hydrogens is 418 g/mol. The van der Waals surface area contributed by atoms with Crippen LogP contribution in [0.5, 0.6) is 0 Å². The first-order valence-electron chi connectivity index (χ1n) is 11.3. The van der Waals surface area contributed by atoms with Gasteiger partial charge in [-0.3, -0.25) is 0 Å². The third-order valence-electron chi connectivity index (χ3n) is 6.81. The van der Waals surface area contributed by atoms with E-state index in [1.54, 1.807) is 0 Å². The van der Waals surface area contributed by atoms with Crippen molar-refractivity contribution >= 4 is 53.3 Å². The van der Waals surface area contributed by atoms with Crippen LogP contribution in [-0.2, 0) is 7.05 Å². The van der Waals surface area contributed by atoms with Crippen LogP contribution in [0.4, 0.5) is 0 Å². The summed E-state index contributed by atoms with van der Waals surface area (Å²) in [6.45, 7) is 0. The molecule has 0 spiro atoms. The minimum atomic E-state index is 1.26. The highest BCUT2D eigenvalue weighted by Crippen LogP contribution is 2.41. The maximum Gasteiger partial charge on any atom is 0.0503 e. The molecule has 0 saturated heterocycles. The summed E-state index contributed by atoms with van der Waals surface area (Å²) in [6.07, 6.45) is 0. The molecule has 0 unspecified atom stereocenters. The minimum absolute atomic E-state index is 1.26. The van der Waals surface area contributed by atoms with Crippen molar-refractivity contribution in [3.8, 4) is 22.3 Å². The van der Waals surface area contributed by atoms with Crippen molar-refractivity contribution in [2.24, 2.45) is 7.05 Å². The van der Waals surface area contributed by atoms with E-state index in [-0.39, 0.29) is 0 Å². The molecule has 0 amide bonds. The fraction of sp³-hybridized carbons (Fsp3) is 0.0323. The normalized spacial score (nSPS) is 11.8. The molecule has 0 aliphatic carbocycles. The molecule has 156 valence electrons. The van der Waals surface area contributed by atoms with Crippen LogP contribution in [-0.4, -0.2) is 4.57 Å². The SMILES string of the molecule is Cn1c2ccc(-c3ccccc3)cc2c2cc3c(cc21)sc1ccc(-c2ccccc2)cc13. The summed E-state index contributed by atoms with van der Waals surface area (Å²) >= 11 is 1.89. The lowest BCUT2D eigenvalue weighted by Gasteiger charge is -2.03. The molecular formula is C31H21NS. The summed E-state index contributed by atoms with van der Waals surface area (Å²) in [5.41, 5.74) is 7.61. The molecule has 7 rings (SSSR count). The van der Waals surface area contributed by atoms with Crippen LogP contribution in [0.2, 0.25) is 0 Å². The Morgan fingerprint density at radius 3 is 1.73 bits per heavy atom. The Hall–Kier alpha value is -3.88. The van der Waals surface area contributed by atoms with Crippen LogP contribution in [0.1, 0.15) is 0 Å². The lowest BCUT2D eigenvalue weighted by atomic mass is 10.0. The van der Waals surface area contributed by atoms with E-state index in [1.165, 1.54) is 64.2 Å². The Morgan fingerprint density at radius 2 is 1.03 bits per heavy atom. The monoisotopic (exact) mass is 439 g/mol. The van der Waals surface area contributed by atoms with Gasteiger partial charge in [0.05, 0.1) is 5.52 Å². The van der Waals surface area contributed by atoms with Gasteiger partial charge in [-0.1, -0.05) is 72.8 Å². The molecule has 0 bridgehead atoms. The van der Waals surface area contributed by atoms with E-state index >= 15 is 0 Å². The second kappa shape index (κ2) is 7.06. The second-order valence-electron chi connectivity index (χ2n) is 8.70. The first-order valence-corrected chi connectivity index (χ1v) is 12.1. The number of hydrogen-bond donors (Lipinski definition) is 0. The number of aryl methyl sites for hydroxylation is 1. The second-order valence-corrected chi connectivity index (χ2v) is 9.79. The molecule has 0 atom stereocenters. The summed E-state index contributed by atoms with van der Waals surface area (Å²) in [4.78, 5) is 0. The van der Waals surface area contributed by atoms with Gasteiger partial charge < -0.3 is 4.57 Å². The number of thiophene rings is 1. The Morgan fingerprint density at radius 1 is 0.455 bits per heavy atom. The summed E-state index contributed by atoms with van der Waals surface area (Å²) in [6, 6.07) is 39.8. The maximum atomic E-state index is 2.41. The standard InChI is InChI=1S/C31H21NS/c1-32-28-14-12-22(20-8-4-2-5-9-20)16-24(28)25-18-27-26-17-23(21-10-6-3-7-11-21)13-15-30(26)33-31(27)19-29(25)32/h2-19H,1H3. The third kappa shape index (κ3) is 2.84. The van der Waals surface area contributed by atoms with Gasteiger partial charge in [-0.15, -0.1) is 11.3 Å². The van der Waals surface area contributed by atoms with Gasteiger partial charge in [0.25, 0.3) is 0 Å². The Bertz CT molecular complexity index is 1800. The Kier molecular flexibility index (Phi) is 3.99. The topological polar surface area (TPSA) is 4.93 Å². The number of benzene rings is 5. The zero-order valence-electron chi connectivity index (χ0n) is 18.2. The number of nitrogens with zero attached hydrogens (tertiary/aromatic N) is 1. The molecule has 1 nitrogen and oxygen atoms in total. The lowest BCUT2D eigenvalue weighted by molar-refractivity contribution is 1.02. The number of aromatic nitrogens is 1. The van der Waals surface area contributed by atoms with Gasteiger partial charge in [0.1, 0.15) is 0 Å². The highest BCUT2D eigenvalue weighted by atomic mass is 32.1. The fourth-order valence-electron chi connectivity index (χ4n) is 5.10. The molecule has 0 fully saturated rings. The molecule has 2 heteroatoms. The van der Waals surface area contributed by atoms with E-state index < -0.39 is 0 Å². The van der Waals surface area contributed by atoms with Crippen molar-refractivity contribution in [3.63, 3.8) is 0 Å². The van der Waals surface area contributed by atoms with E-state index in [9.17, 15) is 0 Å². The first kappa shape index (κ1) is 18.7. The summed E-state index contributed by atoms with van der Waals surface area (Å²) in [5.74, 6) is 0. The van der Waals surface area contributed by atoms with Crippen LogP contribution in [0, 0.1) is 0 Å². The van der Waals surface area contributed by atoms with Crippen molar-refractivity contribution in [1.29, 1.82) is 0 Å². The Labute approximate surface area is 196 Å². The van der Waals surface area contributed by atoms with Gasteiger partial charge in [0.2, 0.25) is 0 Å². The summed E-state index contributed by atoms with van der Waals surface area (Å²) in [5, 5.41) is 5.32. The van der Waals surface area contributed by atoms with E-state index in [0.29, 0.717) is 0 Å². The lowest BCUT2D eigenvalue weighted by Crippen LogP contribution is -1.86. The van der Waals surface area contributed by atoms with Gasteiger partial charge in [-0.2, -0.15) is 0 Å². The van der Waals surface area contributed by atoms with Crippen LogP contribution in [0.15, 0.2) is 109 Å². The van der Waals surface area contributed by atoms with Gasteiger partial charge in [-0.25, -0.2) is 0 Å². The quantitative estimate of drug-likeness (QED) is 0.253. The van der Waals surface area contributed by atoms with Gasteiger partial charge >= 0.3 is 0 Å². The smallest absolute Gasteiger partial charge is 0.0503 e. The molecule has 0 N–H and O–H groups in total. The molecule has 0 saturated carbocycles. The molecule has 0 aliphatic rings. The zero-order chi connectivity index (χ0) is 21.9. The molecule has 0 aliphatic heterocycles. The molecule has 2 heterocycles. The van der Waals surface area contributed by atoms with E-state index in [1.807, 2.05) is 11.3 Å². The number of rotatable bonds is 2. The van der Waals surface area contributed by atoms with Crippen LogP contribution in [0.25, 0.3) is 64.2 Å². The van der Waals surface area contributed by atoms with Crippen molar-refractivity contribution in [3.05, 3.63) is 109 Å². The third-order valence-corrected chi connectivity index (χ3v) is 7.94. The molecule has 2 aromatic heterocycles. The van der Waals surface area contributed by atoms with Gasteiger partial charge in [0, 0.05) is 43.5 Å². The first-order chi connectivity index (χ1) is 16.3. The molecule has 0 radical (unpaired) electrons. The highest BCUT2D eigenvalue weighted by molar-refractivity contribution is 7.25. The minimum Gasteiger partial charge on any atom is -0.344 e. The summed E-state index contributed by atoms with van der Waals surface area (Å²) in [7, 11) is 2.18. The summed E-state index contributed by atoms with van der Waals surface area (Å²) < 4.78 is 5.02. The fourth-order valence-corrected chi connectivity index (χ4v) is 6.20. The van der Waals surface area contributed by atoms with E-state index in [4.69, 9.17) is 0 Å². The van der Waals surface area contributed by atoms with E-state index in [2.05, 4.69) is 121 Å². The highest BCUT2D eigenvalue weighted by Gasteiger charge is 2.14. The van der Waals surface area contributed by atoms with Crippen LogP contribution >= 0.6 is 11.3 Å². The largest absolute Gasteiger partial charge is 0.344 e. The Balaban J connectivity index is 1.51. The molecule has 33 heavy (non-hydrogen) atoms. The molecule has 7 aromatic rings. The predicted molar refractivity (Wildman–Crippen MR) is 144 cm³/mol. The predicted octanol–water partition coefficient (Wildman–Crippen LogP) is 9.03. The van der Waals surface area contributed by atoms with Crippen LogP contribution < -0.4 is 0 Å². The van der Waals surface area contributed by atoms with Crippen LogP contribution in [0.3, 0.4) is 0 Å². The molecule has 5 aromatic carbocycles. The van der Waals surface area contributed by atoms with Crippen molar-refractivity contribution < 1.29 is 0 Å². The number of hydrogen-bond acceptors (Lipinski definition) is 1. The maximum absolute atomic E-state index is 2.41. The average molecular weight is 440 g/mol. The van der Waals surface area contributed by atoms with Crippen molar-refractivity contribution in [2.75, 3.05) is 0 Å².